The highest BCUT2D eigenvalue weighted by atomic mass is 15.7. The molecule has 1 atom stereocenters. The van der Waals surface area contributed by atoms with E-state index in [1.54, 1.807) is 0 Å². The second-order valence-electron chi connectivity index (χ2n) is 9.36. The minimum absolute atomic E-state index is 0.125. The quantitative estimate of drug-likeness (QED) is 0.304. The fourth-order valence-corrected chi connectivity index (χ4v) is 4.81. The number of aromatic nitrogens is 1. The van der Waals surface area contributed by atoms with Crippen molar-refractivity contribution in [3.8, 4) is 11.1 Å². The molecule has 2 aromatic carbocycles. The molecule has 1 aliphatic heterocycles. The fraction of sp³-hybridized carbons (Fsp3) is 0.357. The molecule has 0 spiro atoms. The summed E-state index contributed by atoms with van der Waals surface area (Å²) in [6.07, 6.45) is 5.23. The Morgan fingerprint density at radius 3 is 2.56 bits per heavy atom. The average Bonchev–Trinajstić information content (AvgIpc) is 3.27. The first-order valence-corrected chi connectivity index (χ1v) is 12.2. The third-order valence-electron chi connectivity index (χ3n) is 6.94. The van der Waals surface area contributed by atoms with Crippen molar-refractivity contribution < 1.29 is 0 Å². The third kappa shape index (κ3) is 4.98. The molecule has 6 N–H and O–H groups in total. The molecule has 6 heteroatoms. The van der Waals surface area contributed by atoms with Crippen molar-refractivity contribution >= 4 is 11.6 Å². The first kappa shape index (κ1) is 23.9. The van der Waals surface area contributed by atoms with E-state index in [2.05, 4.69) is 77.3 Å². The number of unbranched alkanes of at least 4 members (excludes halogenated alkanes) is 2. The lowest BCUT2D eigenvalue weighted by molar-refractivity contribution is 0.267. The van der Waals surface area contributed by atoms with Gasteiger partial charge >= 0.3 is 0 Å². The zero-order valence-electron chi connectivity index (χ0n) is 20.7. The van der Waals surface area contributed by atoms with Crippen molar-refractivity contribution in [3.63, 3.8) is 0 Å². The molecule has 0 radical (unpaired) electrons. The third-order valence-corrected chi connectivity index (χ3v) is 6.94. The Bertz CT molecular complexity index is 1130. The van der Waals surface area contributed by atoms with Gasteiger partial charge in [-0.2, -0.15) is 0 Å². The first-order valence-electron chi connectivity index (χ1n) is 12.2. The monoisotopic (exact) mass is 458 g/mol. The molecular formula is C28H38N6. The molecule has 4 rings (SSSR count). The molecule has 34 heavy (non-hydrogen) atoms. The molecule has 1 aliphatic rings. The Balaban J connectivity index is 1.49. The van der Waals surface area contributed by atoms with E-state index in [0.29, 0.717) is 0 Å². The van der Waals surface area contributed by atoms with Gasteiger partial charge in [0.25, 0.3) is 0 Å². The number of nitrogens with one attached hydrogen (secondary N) is 2. The van der Waals surface area contributed by atoms with Gasteiger partial charge in [-0.25, -0.2) is 5.01 Å². The summed E-state index contributed by atoms with van der Waals surface area (Å²) in [5.41, 5.74) is 20.5. The number of aromatic amines is 1. The Hall–Kier alpha value is -3.22. The first-order chi connectivity index (χ1) is 16.4. The SMILES string of the molecule is C=C(N)CCCCCc1cc(CNc2[nH]c3c(c2C)C(N)N(C)N3C)ccc1-c1ccccc1. The number of anilines is 2. The Morgan fingerprint density at radius 2 is 1.85 bits per heavy atom. The maximum Gasteiger partial charge on any atom is 0.128 e. The number of hydrazine groups is 1. The number of benzene rings is 2. The van der Waals surface area contributed by atoms with Crippen LogP contribution in [0.5, 0.6) is 0 Å². The number of hydrogen-bond donors (Lipinski definition) is 4. The zero-order valence-corrected chi connectivity index (χ0v) is 20.7. The van der Waals surface area contributed by atoms with E-state index in [1.165, 1.54) is 27.8 Å². The van der Waals surface area contributed by atoms with Gasteiger partial charge in [0, 0.05) is 31.9 Å². The van der Waals surface area contributed by atoms with Gasteiger partial charge in [-0.3, -0.25) is 5.01 Å². The van der Waals surface area contributed by atoms with Crippen LogP contribution < -0.4 is 21.8 Å². The number of aryl methyl sites for hydroxylation is 1. The number of fused-ring (bicyclic) bond motifs is 1. The summed E-state index contributed by atoms with van der Waals surface area (Å²) in [6, 6.07) is 17.5. The summed E-state index contributed by atoms with van der Waals surface area (Å²) in [6.45, 7) is 6.70. The Labute approximate surface area is 203 Å². The van der Waals surface area contributed by atoms with E-state index in [0.717, 1.165) is 61.5 Å². The van der Waals surface area contributed by atoms with Crippen LogP contribution in [0.3, 0.4) is 0 Å². The molecule has 6 nitrogen and oxygen atoms in total. The van der Waals surface area contributed by atoms with E-state index >= 15 is 0 Å². The van der Waals surface area contributed by atoms with E-state index in [-0.39, 0.29) is 6.17 Å². The minimum Gasteiger partial charge on any atom is -0.403 e. The summed E-state index contributed by atoms with van der Waals surface area (Å²) in [4.78, 5) is 3.53. The molecule has 180 valence electrons. The van der Waals surface area contributed by atoms with Crippen LogP contribution in [-0.2, 0) is 13.0 Å². The lowest BCUT2D eigenvalue weighted by Crippen LogP contribution is -2.37. The van der Waals surface area contributed by atoms with Crippen LogP contribution in [0.15, 0.2) is 60.8 Å². The smallest absolute Gasteiger partial charge is 0.128 e. The normalized spacial score (nSPS) is 15.5. The van der Waals surface area contributed by atoms with E-state index in [4.69, 9.17) is 11.5 Å². The van der Waals surface area contributed by atoms with Gasteiger partial charge in [-0.15, -0.1) is 0 Å². The lowest BCUT2D eigenvalue weighted by atomic mass is 9.93. The highest BCUT2D eigenvalue weighted by Crippen LogP contribution is 2.40. The standard InChI is InChI=1S/C28H38N6/c1-19(29)11-7-5-10-14-23-17-21(15-16-24(23)22-12-8-6-9-13-22)18-31-27-20(2)25-26(30)33(3)34(4)28(25)32-27/h6,8-9,12-13,15-17,26,31-32H,1,5,7,10-11,14,18,29-30H2,2-4H3. The largest absolute Gasteiger partial charge is 0.403 e. The maximum atomic E-state index is 6.40. The lowest BCUT2D eigenvalue weighted by Gasteiger charge is -2.25. The van der Waals surface area contributed by atoms with Crippen LogP contribution in [0.4, 0.5) is 11.6 Å². The Kier molecular flexibility index (Phi) is 7.29. The van der Waals surface area contributed by atoms with Crippen LogP contribution in [0.25, 0.3) is 11.1 Å². The van der Waals surface area contributed by atoms with Crippen molar-refractivity contribution in [2.24, 2.45) is 11.5 Å². The number of nitrogens with zero attached hydrogens (tertiary/aromatic N) is 2. The van der Waals surface area contributed by atoms with Gasteiger partial charge < -0.3 is 21.8 Å². The minimum atomic E-state index is -0.125. The zero-order chi connectivity index (χ0) is 24.2. The van der Waals surface area contributed by atoms with Crippen molar-refractivity contribution in [2.75, 3.05) is 24.4 Å². The molecule has 1 unspecified atom stereocenters. The summed E-state index contributed by atoms with van der Waals surface area (Å²) < 4.78 is 0. The molecule has 0 bridgehead atoms. The molecule has 0 saturated heterocycles. The van der Waals surface area contributed by atoms with Crippen molar-refractivity contribution in [1.29, 1.82) is 0 Å². The molecule has 2 heterocycles. The maximum absolute atomic E-state index is 6.40. The van der Waals surface area contributed by atoms with Crippen LogP contribution in [-0.4, -0.2) is 24.1 Å². The van der Waals surface area contributed by atoms with E-state index < -0.39 is 0 Å². The number of nitrogens with two attached hydrogens (primary N) is 2. The van der Waals surface area contributed by atoms with Crippen LogP contribution in [0.2, 0.25) is 0 Å². The van der Waals surface area contributed by atoms with Gasteiger partial charge in [0.05, 0.1) is 0 Å². The summed E-state index contributed by atoms with van der Waals surface area (Å²) in [5, 5.41) is 7.72. The van der Waals surface area contributed by atoms with Crippen molar-refractivity contribution in [3.05, 3.63) is 83.1 Å². The second-order valence-corrected chi connectivity index (χ2v) is 9.36. The highest BCUT2D eigenvalue weighted by Gasteiger charge is 2.33. The van der Waals surface area contributed by atoms with E-state index in [1.807, 2.05) is 19.1 Å². The predicted molar refractivity (Wildman–Crippen MR) is 143 cm³/mol. The van der Waals surface area contributed by atoms with Gasteiger partial charge in [0.15, 0.2) is 0 Å². The number of rotatable bonds is 10. The topological polar surface area (TPSA) is 86.3 Å². The van der Waals surface area contributed by atoms with E-state index in [9.17, 15) is 0 Å². The highest BCUT2D eigenvalue weighted by molar-refractivity contribution is 5.69. The number of H-pyrrole nitrogens is 1. The molecular weight excluding hydrogens is 420 g/mol. The van der Waals surface area contributed by atoms with Crippen LogP contribution in [0.1, 0.15) is 54.1 Å². The molecule has 0 aliphatic carbocycles. The summed E-state index contributed by atoms with van der Waals surface area (Å²) >= 11 is 0. The van der Waals surface area contributed by atoms with Crippen LogP contribution >= 0.6 is 0 Å². The molecule has 0 amide bonds. The van der Waals surface area contributed by atoms with Crippen molar-refractivity contribution in [1.82, 2.24) is 9.99 Å². The van der Waals surface area contributed by atoms with Crippen molar-refractivity contribution in [2.45, 2.75) is 51.7 Å². The van der Waals surface area contributed by atoms with Gasteiger partial charge in [-0.1, -0.05) is 61.5 Å². The molecule has 0 saturated carbocycles. The molecule has 0 fully saturated rings. The molecule has 3 aromatic rings. The van der Waals surface area contributed by atoms with Gasteiger partial charge in [-0.05, 0) is 60.4 Å². The van der Waals surface area contributed by atoms with Gasteiger partial charge in [0.1, 0.15) is 17.8 Å². The summed E-state index contributed by atoms with van der Waals surface area (Å²) in [7, 11) is 4.04. The second kappa shape index (κ2) is 10.4. The number of allylic oxidation sites excluding steroid dienone is 1. The number of hydrogen-bond acceptors (Lipinski definition) is 5. The fourth-order valence-electron chi connectivity index (χ4n) is 4.81. The summed E-state index contributed by atoms with van der Waals surface area (Å²) in [5.74, 6) is 2.10. The molecule has 1 aromatic heterocycles. The predicted octanol–water partition coefficient (Wildman–Crippen LogP) is 5.43. The average molecular weight is 459 g/mol. The Morgan fingerprint density at radius 1 is 1.09 bits per heavy atom. The van der Waals surface area contributed by atoms with Gasteiger partial charge in [0.2, 0.25) is 0 Å². The van der Waals surface area contributed by atoms with Crippen LogP contribution in [0, 0.1) is 6.92 Å².